The maximum Gasteiger partial charge on any atom is 0 e. The number of hydrogen-bond acceptors (Lipinski definition) is 6. The first-order valence-corrected chi connectivity index (χ1v) is 21.1. The molecule has 0 saturated heterocycles. The van der Waals surface area contributed by atoms with E-state index in [0.29, 0.717) is 22.8 Å². The molecule has 4 aromatic heterocycles. The van der Waals surface area contributed by atoms with E-state index in [1.807, 2.05) is 0 Å². The zero-order valence-corrected chi connectivity index (χ0v) is 29.4. The van der Waals surface area contributed by atoms with Gasteiger partial charge in [-0.15, -0.1) is 0 Å². The molecule has 4 rings (SSSR count). The molecule has 0 amide bonds. The van der Waals surface area contributed by atoms with E-state index < -0.39 is 5.20 Å². The summed E-state index contributed by atoms with van der Waals surface area (Å²) < 4.78 is 12.5. The fourth-order valence-electron chi connectivity index (χ4n) is 2.34. The molecule has 8 nitrogen and oxygen atoms in total. The average Bonchev–Trinajstić information content (AvgIpc) is 2.90. The van der Waals surface area contributed by atoms with Gasteiger partial charge in [-0.25, -0.2) is 9.97 Å². The van der Waals surface area contributed by atoms with Crippen LogP contribution >= 0.6 is 73.8 Å². The Bertz CT molecular complexity index is 1260. The molecule has 1 unspecified atom stereocenters. The summed E-state index contributed by atoms with van der Waals surface area (Å²) in [5.74, 6) is -0.125. The minimum Gasteiger partial charge on any atom is 0 e. The number of aromatic amines is 2. The van der Waals surface area contributed by atoms with Gasteiger partial charge >= 0.3 is 46.9 Å². The molecule has 0 aliphatic heterocycles. The van der Waals surface area contributed by atoms with Crippen LogP contribution < -0.4 is 11.1 Å². The first-order chi connectivity index (χ1) is 18.6. The van der Waals surface area contributed by atoms with Crippen molar-refractivity contribution in [3.63, 3.8) is 0 Å². The van der Waals surface area contributed by atoms with E-state index in [9.17, 15) is 9.59 Å². The monoisotopic (exact) mass is 899 g/mol. The van der Waals surface area contributed by atoms with E-state index in [-0.39, 0.29) is 39.4 Å². The molecule has 4 heterocycles. The van der Waals surface area contributed by atoms with Crippen LogP contribution in [0.2, 0.25) is 0 Å². The van der Waals surface area contributed by atoms with Crippen molar-refractivity contribution in [1.29, 1.82) is 2.67 Å². The van der Waals surface area contributed by atoms with Gasteiger partial charge in [0.05, 0.1) is 28.0 Å². The smallest absolute Gasteiger partial charge is 0 e. The van der Waals surface area contributed by atoms with Crippen LogP contribution in [0.5, 0.6) is 11.8 Å². The summed E-state index contributed by atoms with van der Waals surface area (Å²) in [6.07, 6.45) is 0. The van der Waals surface area contributed by atoms with Crippen LogP contribution in [0.1, 0.15) is 0 Å². The molecule has 0 saturated carbocycles. The molecular formula is C20H21B2Br4N4Ni2O4P2+. The van der Waals surface area contributed by atoms with Crippen molar-refractivity contribution in [2.24, 2.45) is 0 Å². The number of pyridine rings is 4. The molecule has 0 aliphatic rings. The van der Waals surface area contributed by atoms with Crippen LogP contribution in [-0.4, -0.2) is 47.9 Å². The predicted octanol–water partition coefficient (Wildman–Crippen LogP) is 5.28. The Kier molecular flexibility index (Phi) is 23.0. The van der Waals surface area contributed by atoms with E-state index >= 15 is 0 Å². The molecule has 4 aromatic rings. The van der Waals surface area contributed by atoms with Crippen LogP contribution in [0.25, 0.3) is 22.8 Å². The summed E-state index contributed by atoms with van der Waals surface area (Å²) in [6.45, 7) is 0. The minimum absolute atomic E-state index is 0. The van der Waals surface area contributed by atoms with E-state index in [0.717, 1.165) is 0 Å². The topological polar surface area (TPSA) is 132 Å². The van der Waals surface area contributed by atoms with E-state index in [2.05, 4.69) is 88.5 Å². The summed E-state index contributed by atoms with van der Waals surface area (Å²) in [5, 5.41) is 17.6. The number of nitrogens with zero attached hydrogens (tertiary/aromatic N) is 2. The Morgan fingerprint density at radius 3 is 1.39 bits per heavy atom. The van der Waals surface area contributed by atoms with Gasteiger partial charge in [-0.2, -0.15) is 9.12 Å². The number of H-pyrrole nitrogens is 2. The van der Waals surface area contributed by atoms with E-state index in [1.54, 1.807) is 48.5 Å². The maximum absolute atomic E-state index is 11.0. The molecular weight excluding hydrogens is 881 g/mol. The molecule has 0 aliphatic carbocycles. The molecule has 0 aromatic carbocycles. The molecule has 208 valence electrons. The van der Waals surface area contributed by atoms with Gasteiger partial charge in [0.2, 0.25) is 22.9 Å². The normalized spacial score (nSPS) is 9.53. The third-order valence-corrected chi connectivity index (χ3v) is 3.56. The van der Waals surface area contributed by atoms with Gasteiger partial charge in [-0.1, -0.05) is 24.3 Å². The largest absolute Gasteiger partial charge is 0 e. The molecule has 0 bridgehead atoms. The fourth-order valence-corrected chi connectivity index (χ4v) is 2.34. The SMILES string of the molecule is O=c1cccc(-c2cccc(=O)[nH]2)[nH]1.Oc1cccc(-c2cccc(O)n2)n1.[2H][B]P.[2H][B][PH+](Br)Br.[Br][Ni][Br].[Ni]. The third-order valence-electron chi connectivity index (χ3n) is 3.56. The zero-order chi connectivity index (χ0) is 29.6. The molecule has 4 N–H and O–H groups in total. The Morgan fingerprint density at radius 1 is 0.816 bits per heavy atom. The van der Waals surface area contributed by atoms with Gasteiger partial charge in [0.15, 0.2) is 0 Å². The molecule has 0 spiro atoms. The van der Waals surface area contributed by atoms with Gasteiger partial charge in [-0.3, -0.25) is 9.59 Å². The molecule has 1 atom stereocenters. The van der Waals surface area contributed by atoms with Gasteiger partial charge in [-0.05, 0) is 25.6 Å². The van der Waals surface area contributed by atoms with Crippen molar-refractivity contribution < 1.29 is 37.6 Å². The number of halogens is 4. The average molecular weight is 904 g/mol. The summed E-state index contributed by atoms with van der Waals surface area (Å²) in [4.78, 5) is 35.0. The summed E-state index contributed by atoms with van der Waals surface area (Å²) in [6, 6.07) is 19.3. The zero-order valence-electron chi connectivity index (χ0n) is 20.9. The van der Waals surface area contributed by atoms with Crippen molar-refractivity contribution in [3.8, 4) is 34.5 Å². The maximum atomic E-state index is 11.0. The molecule has 0 fully saturated rings. The van der Waals surface area contributed by atoms with Crippen LogP contribution in [-0.2, 0) is 27.4 Å². The van der Waals surface area contributed by atoms with Crippen molar-refractivity contribution >= 4 is 88.8 Å². The second kappa shape index (κ2) is 24.5. The van der Waals surface area contributed by atoms with Crippen LogP contribution in [0.4, 0.5) is 0 Å². The van der Waals surface area contributed by atoms with Crippen molar-refractivity contribution in [2.75, 3.05) is 0 Å². The summed E-state index contributed by atoms with van der Waals surface area (Å²) >= 11 is 12.3. The first kappa shape index (κ1) is 35.7. The summed E-state index contributed by atoms with van der Waals surface area (Å²) in [5.41, 5.74) is 1.90. The van der Waals surface area contributed by atoms with Crippen LogP contribution in [0, 0.1) is 0 Å². The Labute approximate surface area is 274 Å². The number of aromatic nitrogens is 4. The number of aromatic hydroxyl groups is 2. The summed E-state index contributed by atoms with van der Waals surface area (Å²) in [7, 11) is 5.89. The number of nitrogens with one attached hydrogen (secondary N) is 2. The van der Waals surface area contributed by atoms with Crippen molar-refractivity contribution in [1.82, 2.24) is 19.9 Å². The van der Waals surface area contributed by atoms with Crippen molar-refractivity contribution in [3.05, 3.63) is 93.5 Å². The Balaban J connectivity index is 0. The molecule has 38 heavy (non-hydrogen) atoms. The van der Waals surface area contributed by atoms with Gasteiger partial charge in [0.25, 0.3) is 0 Å². The van der Waals surface area contributed by atoms with Gasteiger partial charge in [0.1, 0.15) is 38.5 Å². The standard InChI is InChI=1S/2C10H8N2O2.BBr2H2P.BH3P.2BrH.2Ni/c2*13-9-5-1-3-7(11-9)8-4-2-6-10(14)12-8;1-4(2)3;1-2;;;;/h2*1-6H,(H,11,13)(H,12,14);1,4H;1H,2H2;2*1H;;/q;;+1;;;;;+2/p-2/i;;2*1D;;;;. The van der Waals surface area contributed by atoms with Crippen molar-refractivity contribution in [2.45, 2.75) is 0 Å². The van der Waals surface area contributed by atoms with Crippen LogP contribution in [0.3, 0.4) is 0 Å². The number of hydrogen-bond donors (Lipinski definition) is 4. The Morgan fingerprint density at radius 2 is 1.13 bits per heavy atom. The Hall–Kier alpha value is -0.303. The minimum atomic E-state index is -0.707. The predicted molar refractivity (Wildman–Crippen MR) is 172 cm³/mol. The number of rotatable bonds is 3. The van der Waals surface area contributed by atoms with E-state index in [4.69, 9.17) is 12.9 Å². The fraction of sp³-hybridized carbons (Fsp3) is 0. The third kappa shape index (κ3) is 18.9. The van der Waals surface area contributed by atoms with Gasteiger partial charge in [0, 0.05) is 42.1 Å². The first-order valence-electron chi connectivity index (χ1n) is 10.6. The van der Waals surface area contributed by atoms with Crippen LogP contribution in [0.15, 0.2) is 82.4 Å². The molecule has 18 heteroatoms. The second-order valence-electron chi connectivity index (χ2n) is 5.95. The van der Waals surface area contributed by atoms with E-state index in [1.165, 1.54) is 50.2 Å². The second-order valence-corrected chi connectivity index (χ2v) is 19.8. The van der Waals surface area contributed by atoms with Gasteiger partial charge < -0.3 is 20.2 Å². The quantitative estimate of drug-likeness (QED) is 0.164. The molecule has 2 radical (unpaired) electrons.